The number of halogens is 4. The Morgan fingerprint density at radius 2 is 2.12 bits per heavy atom. The lowest BCUT2D eigenvalue weighted by atomic mass is 9.95. The second-order valence-corrected chi connectivity index (χ2v) is 8.74. The van der Waals surface area contributed by atoms with Gasteiger partial charge in [-0.1, -0.05) is 6.58 Å². The number of ether oxygens (including phenoxy) is 1. The molecule has 1 unspecified atom stereocenters. The number of carbonyl (C=O) groups excluding carboxylic acids is 1. The van der Waals surface area contributed by atoms with Gasteiger partial charge in [-0.05, 0) is 24.3 Å². The van der Waals surface area contributed by atoms with Gasteiger partial charge in [-0.25, -0.2) is 17.5 Å². The van der Waals surface area contributed by atoms with Gasteiger partial charge in [0, 0.05) is 18.9 Å². The van der Waals surface area contributed by atoms with E-state index in [0.29, 0.717) is 0 Å². The maximum absolute atomic E-state index is 13.5. The van der Waals surface area contributed by atoms with Gasteiger partial charge in [0.1, 0.15) is 23.4 Å². The summed E-state index contributed by atoms with van der Waals surface area (Å²) in [5.41, 5.74) is -4.40. The average molecular weight is 488 g/mol. The maximum atomic E-state index is 13.5. The molecule has 1 aliphatic heterocycles. The third-order valence-electron chi connectivity index (χ3n) is 4.94. The molecule has 0 saturated heterocycles. The summed E-state index contributed by atoms with van der Waals surface area (Å²) in [6.45, 7) is 1.95. The Morgan fingerprint density at radius 1 is 1.45 bits per heavy atom. The minimum atomic E-state index is -5.29. The number of aryl methyl sites for hydroxylation is 1. The molecule has 33 heavy (non-hydrogen) atoms. The van der Waals surface area contributed by atoms with Crippen LogP contribution < -0.4 is 14.8 Å². The van der Waals surface area contributed by atoms with Gasteiger partial charge in [0.2, 0.25) is 10.0 Å². The van der Waals surface area contributed by atoms with Crippen molar-refractivity contribution in [2.24, 2.45) is 7.05 Å². The van der Waals surface area contributed by atoms with Gasteiger partial charge < -0.3 is 19.7 Å². The first-order chi connectivity index (χ1) is 15.2. The van der Waals surface area contributed by atoms with Crippen LogP contribution in [0.4, 0.5) is 23.2 Å². The van der Waals surface area contributed by atoms with E-state index in [4.69, 9.17) is 10.00 Å². The average Bonchev–Trinajstić information content (AvgIpc) is 3.01. The van der Waals surface area contributed by atoms with Gasteiger partial charge in [-0.2, -0.15) is 18.4 Å². The second kappa shape index (κ2) is 8.18. The summed E-state index contributed by atoms with van der Waals surface area (Å²) in [5, 5.41) is 21.3. The highest BCUT2D eigenvalue weighted by atomic mass is 32.2. The number of aliphatic hydroxyl groups is 1. The smallest absolute Gasteiger partial charge is 0.422 e. The molecule has 2 heterocycles. The molecule has 9 nitrogen and oxygen atoms in total. The summed E-state index contributed by atoms with van der Waals surface area (Å²) < 4.78 is 87.3. The molecule has 2 atom stereocenters. The number of benzene rings is 1. The van der Waals surface area contributed by atoms with Crippen LogP contribution in [0.1, 0.15) is 16.1 Å². The fourth-order valence-corrected chi connectivity index (χ4v) is 4.62. The number of sulfonamides is 1. The topological polar surface area (TPSA) is 133 Å². The Bertz CT molecular complexity index is 1280. The number of aromatic nitrogens is 1. The third kappa shape index (κ3) is 4.17. The van der Waals surface area contributed by atoms with Crippen LogP contribution in [0.2, 0.25) is 0 Å². The highest BCUT2D eigenvalue weighted by molar-refractivity contribution is 7.89. The van der Waals surface area contributed by atoms with Crippen molar-refractivity contribution in [3.63, 3.8) is 0 Å². The predicted octanol–water partition coefficient (Wildman–Crippen LogP) is 1.81. The normalized spacial score (nSPS) is 19.2. The lowest BCUT2D eigenvalue weighted by Crippen LogP contribution is -2.61. The summed E-state index contributed by atoms with van der Waals surface area (Å²) in [7, 11) is -3.39. The highest BCUT2D eigenvalue weighted by Crippen LogP contribution is 2.39. The SMILES string of the molecule is C=CC(O)([C@H]1COc2c(cn(C)c2C(=O)Nc2ccc(F)c(C#N)c2)S(=O)(=O)N1)C(F)(F)F. The van der Waals surface area contributed by atoms with Crippen molar-refractivity contribution in [2.45, 2.75) is 22.7 Å². The highest BCUT2D eigenvalue weighted by Gasteiger charge is 2.58. The van der Waals surface area contributed by atoms with Crippen molar-refractivity contribution < 1.29 is 40.6 Å². The lowest BCUT2D eigenvalue weighted by molar-refractivity contribution is -0.249. The van der Waals surface area contributed by atoms with Crippen LogP contribution in [0.15, 0.2) is 41.9 Å². The largest absolute Gasteiger partial charge is 0.488 e. The molecule has 14 heteroatoms. The van der Waals surface area contributed by atoms with Gasteiger partial charge in [-0.15, -0.1) is 0 Å². The van der Waals surface area contributed by atoms with Gasteiger partial charge in [0.05, 0.1) is 11.6 Å². The zero-order valence-corrected chi connectivity index (χ0v) is 17.6. The summed E-state index contributed by atoms with van der Waals surface area (Å²) in [5.74, 6) is -2.33. The molecule has 3 N–H and O–H groups in total. The number of alkyl halides is 3. The van der Waals surface area contributed by atoms with Crippen molar-refractivity contribution in [3.05, 3.63) is 54.1 Å². The number of nitriles is 1. The van der Waals surface area contributed by atoms with Crippen molar-refractivity contribution in [2.75, 3.05) is 11.9 Å². The van der Waals surface area contributed by atoms with E-state index in [2.05, 4.69) is 11.9 Å². The van der Waals surface area contributed by atoms with Crippen molar-refractivity contribution in [3.8, 4) is 11.8 Å². The zero-order valence-electron chi connectivity index (χ0n) is 16.8. The molecule has 0 bridgehead atoms. The Hall–Kier alpha value is -3.41. The van der Waals surface area contributed by atoms with E-state index in [1.54, 1.807) is 10.8 Å². The monoisotopic (exact) mass is 488 g/mol. The first-order valence-electron chi connectivity index (χ1n) is 9.03. The standard InChI is InChI=1S/C19H16F4N4O5S/c1-3-18(29,19(21,22)23)14-9-32-16-13(33(30,31)26-14)8-27(2)15(16)17(28)25-11-4-5-12(20)10(6-11)7-24/h3-6,8,14,26,29H,1,9H2,2H3,(H,25,28)/t14-,18?/m1/s1. The predicted molar refractivity (Wildman–Crippen MR) is 105 cm³/mol. The van der Waals surface area contributed by atoms with Crippen LogP contribution in [0.5, 0.6) is 5.75 Å². The summed E-state index contributed by atoms with van der Waals surface area (Å²) in [6, 6.07) is 2.51. The molecule has 1 aliphatic rings. The lowest BCUT2D eigenvalue weighted by Gasteiger charge is -2.33. The number of anilines is 1. The van der Waals surface area contributed by atoms with Crippen LogP contribution >= 0.6 is 0 Å². The van der Waals surface area contributed by atoms with Crippen LogP contribution in [-0.4, -0.2) is 48.4 Å². The molecule has 0 fully saturated rings. The fraction of sp³-hybridized carbons (Fsp3) is 0.263. The molecule has 1 aromatic carbocycles. The number of nitrogens with one attached hydrogen (secondary N) is 2. The van der Waals surface area contributed by atoms with Crippen LogP contribution in [0.3, 0.4) is 0 Å². The van der Waals surface area contributed by atoms with E-state index in [1.165, 1.54) is 7.05 Å². The van der Waals surface area contributed by atoms with Gasteiger partial charge in [0.25, 0.3) is 5.91 Å². The molecule has 0 aliphatic carbocycles. The Kier molecular flexibility index (Phi) is 6.01. The number of hydrogen-bond donors (Lipinski definition) is 3. The summed E-state index contributed by atoms with van der Waals surface area (Å²) in [4.78, 5) is 12.2. The zero-order chi connectivity index (χ0) is 24.8. The number of carbonyl (C=O) groups is 1. The number of amides is 1. The fourth-order valence-electron chi connectivity index (χ4n) is 3.17. The molecule has 0 spiro atoms. The van der Waals surface area contributed by atoms with Crippen LogP contribution in [0.25, 0.3) is 0 Å². The van der Waals surface area contributed by atoms with Crippen LogP contribution in [-0.2, 0) is 17.1 Å². The molecular formula is C19H16F4N4O5S. The Balaban J connectivity index is 2.00. The minimum absolute atomic E-state index is 0.00140. The first-order valence-corrected chi connectivity index (χ1v) is 10.5. The third-order valence-corrected chi connectivity index (χ3v) is 6.40. The number of fused-ring (bicyclic) bond motifs is 1. The molecule has 1 amide bonds. The van der Waals surface area contributed by atoms with E-state index < -0.39 is 56.8 Å². The number of nitrogens with zero attached hydrogens (tertiary/aromatic N) is 2. The van der Waals surface area contributed by atoms with E-state index in [9.17, 15) is 35.9 Å². The Labute approximate surface area is 184 Å². The number of hydrogen-bond acceptors (Lipinski definition) is 6. The van der Waals surface area contributed by atoms with Crippen molar-refractivity contribution in [1.82, 2.24) is 9.29 Å². The first kappa shape index (κ1) is 24.2. The van der Waals surface area contributed by atoms with E-state index in [-0.39, 0.29) is 23.0 Å². The van der Waals surface area contributed by atoms with Crippen LogP contribution in [0, 0.1) is 17.1 Å². The van der Waals surface area contributed by atoms with E-state index in [1.807, 2.05) is 0 Å². The van der Waals surface area contributed by atoms with E-state index in [0.717, 1.165) is 29.0 Å². The quantitative estimate of drug-likeness (QED) is 0.444. The molecule has 2 aromatic rings. The molecule has 3 rings (SSSR count). The van der Waals surface area contributed by atoms with E-state index >= 15 is 0 Å². The number of rotatable bonds is 4. The van der Waals surface area contributed by atoms with Gasteiger partial charge >= 0.3 is 6.18 Å². The molecule has 0 saturated carbocycles. The van der Waals surface area contributed by atoms with Crippen molar-refractivity contribution >= 4 is 21.6 Å². The minimum Gasteiger partial charge on any atom is -0.488 e. The van der Waals surface area contributed by atoms with Gasteiger partial charge in [-0.3, -0.25) is 4.79 Å². The second-order valence-electron chi connectivity index (χ2n) is 7.05. The maximum Gasteiger partial charge on any atom is 0.422 e. The molecule has 0 radical (unpaired) electrons. The molecule has 1 aromatic heterocycles. The summed E-state index contributed by atoms with van der Waals surface area (Å²) >= 11 is 0. The molecule has 176 valence electrons. The molecular weight excluding hydrogens is 472 g/mol. The summed E-state index contributed by atoms with van der Waals surface area (Å²) in [6.07, 6.45) is -4.19. The van der Waals surface area contributed by atoms with Crippen molar-refractivity contribution in [1.29, 1.82) is 5.26 Å². The Morgan fingerprint density at radius 3 is 2.70 bits per heavy atom. The van der Waals surface area contributed by atoms with Gasteiger partial charge in [0.15, 0.2) is 17.0 Å².